The molecule has 3 heteroatoms. The van der Waals surface area contributed by atoms with Gasteiger partial charge in [-0.15, -0.1) is 0 Å². The van der Waals surface area contributed by atoms with Gasteiger partial charge in [0.1, 0.15) is 5.82 Å². The number of thioether (sulfide) groups is 1. The zero-order valence-electron chi connectivity index (χ0n) is 11.4. The zero-order valence-corrected chi connectivity index (χ0v) is 12.2. The Morgan fingerprint density at radius 2 is 2.22 bits per heavy atom. The molecule has 18 heavy (non-hydrogen) atoms. The van der Waals surface area contributed by atoms with Crippen LogP contribution in [0.25, 0.3) is 0 Å². The lowest BCUT2D eigenvalue weighted by atomic mass is 9.94. The summed E-state index contributed by atoms with van der Waals surface area (Å²) in [6.07, 6.45) is 5.59. The van der Waals surface area contributed by atoms with Gasteiger partial charge in [-0.25, -0.2) is 4.39 Å². The second-order valence-corrected chi connectivity index (χ2v) is 5.58. The minimum Gasteiger partial charge on any atom is -0.316 e. The van der Waals surface area contributed by atoms with Gasteiger partial charge in [0, 0.05) is 6.54 Å². The summed E-state index contributed by atoms with van der Waals surface area (Å²) in [6, 6.07) is 7.05. The molecule has 0 aliphatic carbocycles. The van der Waals surface area contributed by atoms with Crippen LogP contribution < -0.4 is 5.32 Å². The van der Waals surface area contributed by atoms with Crippen LogP contribution in [0.5, 0.6) is 0 Å². The Bertz CT molecular complexity index is 320. The van der Waals surface area contributed by atoms with Gasteiger partial charge in [0.25, 0.3) is 0 Å². The lowest BCUT2D eigenvalue weighted by molar-refractivity contribution is 0.540. The molecule has 0 fully saturated rings. The molecule has 0 aromatic heterocycles. The Balaban J connectivity index is 2.57. The number of benzene rings is 1. The van der Waals surface area contributed by atoms with Crippen LogP contribution in [0.1, 0.15) is 37.7 Å². The van der Waals surface area contributed by atoms with Gasteiger partial charge in [0.2, 0.25) is 0 Å². The first-order chi connectivity index (χ1) is 8.77. The van der Waals surface area contributed by atoms with Crippen LogP contribution in [0.15, 0.2) is 24.3 Å². The topological polar surface area (TPSA) is 12.0 Å². The summed E-state index contributed by atoms with van der Waals surface area (Å²) in [7, 11) is 0. The maximum atomic E-state index is 13.3. The smallest absolute Gasteiger partial charge is 0.123 e. The van der Waals surface area contributed by atoms with Crippen LogP contribution in [0.3, 0.4) is 0 Å². The molecule has 1 nitrogen and oxygen atoms in total. The van der Waals surface area contributed by atoms with Crippen molar-refractivity contribution in [3.05, 3.63) is 35.6 Å². The Kier molecular flexibility index (Phi) is 8.10. The van der Waals surface area contributed by atoms with E-state index < -0.39 is 0 Å². The first kappa shape index (κ1) is 15.5. The molecule has 0 aliphatic heterocycles. The van der Waals surface area contributed by atoms with Crippen molar-refractivity contribution in [2.45, 2.75) is 32.1 Å². The van der Waals surface area contributed by atoms with E-state index in [1.54, 1.807) is 6.07 Å². The number of rotatable bonds is 9. The molecule has 0 saturated heterocycles. The van der Waals surface area contributed by atoms with Crippen LogP contribution in [-0.4, -0.2) is 25.1 Å². The quantitative estimate of drug-likeness (QED) is 0.679. The number of hydrogen-bond donors (Lipinski definition) is 1. The van der Waals surface area contributed by atoms with E-state index in [9.17, 15) is 4.39 Å². The maximum absolute atomic E-state index is 13.3. The zero-order chi connectivity index (χ0) is 13.2. The second-order valence-electron chi connectivity index (χ2n) is 4.59. The molecule has 0 radical (unpaired) electrons. The molecular weight excluding hydrogens is 245 g/mol. The molecule has 0 amide bonds. The van der Waals surface area contributed by atoms with Gasteiger partial charge in [-0.3, -0.25) is 0 Å². The van der Waals surface area contributed by atoms with Crippen molar-refractivity contribution >= 4 is 11.8 Å². The molecule has 0 heterocycles. The SMILES string of the molecule is CCCNCC(CCCSC)c1cccc(F)c1. The molecular formula is C15H24FNS. The Hall–Kier alpha value is -0.540. The van der Waals surface area contributed by atoms with E-state index >= 15 is 0 Å². The molecule has 0 saturated carbocycles. The molecule has 102 valence electrons. The predicted molar refractivity (Wildman–Crippen MR) is 79.9 cm³/mol. The van der Waals surface area contributed by atoms with E-state index in [0.717, 1.165) is 31.5 Å². The largest absolute Gasteiger partial charge is 0.316 e. The number of halogens is 1. The Morgan fingerprint density at radius 3 is 2.89 bits per heavy atom. The summed E-state index contributed by atoms with van der Waals surface area (Å²) in [5.41, 5.74) is 1.12. The highest BCUT2D eigenvalue weighted by Gasteiger charge is 2.11. The summed E-state index contributed by atoms with van der Waals surface area (Å²) < 4.78 is 13.3. The van der Waals surface area contributed by atoms with Gasteiger partial charge >= 0.3 is 0 Å². The molecule has 1 rings (SSSR count). The molecule has 1 aromatic carbocycles. The van der Waals surface area contributed by atoms with E-state index in [-0.39, 0.29) is 5.82 Å². The predicted octanol–water partition coefficient (Wildman–Crippen LogP) is 4.05. The van der Waals surface area contributed by atoms with Gasteiger partial charge in [-0.1, -0.05) is 19.1 Å². The molecule has 1 N–H and O–H groups in total. The summed E-state index contributed by atoms with van der Waals surface area (Å²) >= 11 is 1.88. The summed E-state index contributed by atoms with van der Waals surface area (Å²) in [6.45, 7) is 4.15. The van der Waals surface area contributed by atoms with Crippen molar-refractivity contribution in [2.75, 3.05) is 25.1 Å². The minimum absolute atomic E-state index is 0.127. The fourth-order valence-corrected chi connectivity index (χ4v) is 2.53. The molecule has 1 atom stereocenters. The first-order valence-electron chi connectivity index (χ1n) is 6.73. The second kappa shape index (κ2) is 9.40. The summed E-state index contributed by atoms with van der Waals surface area (Å²) in [4.78, 5) is 0. The first-order valence-corrected chi connectivity index (χ1v) is 8.12. The highest BCUT2D eigenvalue weighted by Crippen LogP contribution is 2.22. The lowest BCUT2D eigenvalue weighted by Crippen LogP contribution is -2.22. The van der Waals surface area contributed by atoms with Gasteiger partial charge < -0.3 is 5.32 Å². The van der Waals surface area contributed by atoms with Crippen molar-refractivity contribution in [1.29, 1.82) is 0 Å². The van der Waals surface area contributed by atoms with Crippen LogP contribution in [0.2, 0.25) is 0 Å². The molecule has 1 unspecified atom stereocenters. The van der Waals surface area contributed by atoms with E-state index in [0.29, 0.717) is 5.92 Å². The maximum Gasteiger partial charge on any atom is 0.123 e. The van der Waals surface area contributed by atoms with E-state index in [2.05, 4.69) is 18.5 Å². The standard InChI is InChI=1S/C15H24FNS/c1-3-9-17-12-14(7-5-10-18-2)13-6-4-8-15(16)11-13/h4,6,8,11,14,17H,3,5,7,9-10,12H2,1-2H3. The average Bonchev–Trinajstić information content (AvgIpc) is 2.37. The van der Waals surface area contributed by atoms with Crippen LogP contribution in [0, 0.1) is 5.82 Å². The highest BCUT2D eigenvalue weighted by molar-refractivity contribution is 7.98. The van der Waals surface area contributed by atoms with E-state index in [1.807, 2.05) is 23.9 Å². The molecule has 0 spiro atoms. The van der Waals surface area contributed by atoms with Crippen molar-refractivity contribution in [3.8, 4) is 0 Å². The van der Waals surface area contributed by atoms with Crippen molar-refractivity contribution < 1.29 is 4.39 Å². The summed E-state index contributed by atoms with van der Waals surface area (Å²) in [5.74, 6) is 1.48. The Labute approximate surface area is 115 Å². The van der Waals surface area contributed by atoms with Crippen LogP contribution >= 0.6 is 11.8 Å². The Morgan fingerprint density at radius 1 is 1.39 bits per heavy atom. The fourth-order valence-electron chi connectivity index (χ4n) is 2.07. The van der Waals surface area contributed by atoms with Gasteiger partial charge in [0.05, 0.1) is 0 Å². The molecule has 1 aromatic rings. The third-order valence-corrected chi connectivity index (χ3v) is 3.74. The van der Waals surface area contributed by atoms with Crippen molar-refractivity contribution in [2.24, 2.45) is 0 Å². The van der Waals surface area contributed by atoms with Crippen LogP contribution in [-0.2, 0) is 0 Å². The van der Waals surface area contributed by atoms with Gasteiger partial charge in [0.15, 0.2) is 0 Å². The average molecular weight is 269 g/mol. The fraction of sp³-hybridized carbons (Fsp3) is 0.600. The minimum atomic E-state index is -0.127. The van der Waals surface area contributed by atoms with E-state index in [4.69, 9.17) is 0 Å². The van der Waals surface area contributed by atoms with E-state index in [1.165, 1.54) is 18.2 Å². The number of nitrogens with one attached hydrogen (secondary N) is 1. The third kappa shape index (κ3) is 5.87. The molecule has 0 bridgehead atoms. The van der Waals surface area contributed by atoms with Gasteiger partial charge in [-0.05, 0) is 61.4 Å². The normalized spacial score (nSPS) is 12.6. The number of hydrogen-bond acceptors (Lipinski definition) is 2. The monoisotopic (exact) mass is 269 g/mol. The third-order valence-electron chi connectivity index (χ3n) is 3.04. The van der Waals surface area contributed by atoms with Crippen molar-refractivity contribution in [3.63, 3.8) is 0 Å². The van der Waals surface area contributed by atoms with Crippen LogP contribution in [0.4, 0.5) is 4.39 Å². The molecule has 0 aliphatic rings. The summed E-state index contributed by atoms with van der Waals surface area (Å²) in [5, 5.41) is 3.45. The lowest BCUT2D eigenvalue weighted by Gasteiger charge is -2.18. The van der Waals surface area contributed by atoms with Gasteiger partial charge in [-0.2, -0.15) is 11.8 Å². The highest BCUT2D eigenvalue weighted by atomic mass is 32.2. The van der Waals surface area contributed by atoms with Crippen molar-refractivity contribution in [1.82, 2.24) is 5.32 Å².